The second-order valence-electron chi connectivity index (χ2n) is 14.9. The number of hydrogen-bond acceptors (Lipinski definition) is 9. The Hall–Kier alpha value is -5.43. The average Bonchev–Trinajstić information content (AvgIpc) is 3.73. The van der Waals surface area contributed by atoms with Crippen LogP contribution >= 0.6 is 0 Å². The van der Waals surface area contributed by atoms with E-state index in [1.54, 1.807) is 24.5 Å². The number of alkyl carbamates (subject to hydrolysis) is 1. The number of nitrogens with zero attached hydrogens (tertiary/aromatic N) is 2. The fourth-order valence-electron chi connectivity index (χ4n) is 9.12. The number of aryl methyl sites for hydroxylation is 1. The molecule has 2 aromatic heterocycles. The van der Waals surface area contributed by atoms with Crippen molar-refractivity contribution in [1.82, 2.24) is 25.5 Å². The molecule has 2 aliphatic heterocycles. The molecular weight excluding hydrogens is 701 g/mol. The highest BCUT2D eigenvalue weighted by Crippen LogP contribution is 2.47. The molecule has 9 rings (SSSR count). The minimum atomic E-state index is -1.94. The zero-order chi connectivity index (χ0) is 38.0. The highest BCUT2D eigenvalue weighted by Gasteiger charge is 2.46. The maximum Gasteiger partial charge on any atom is 0.407 e. The molecule has 3 aromatic carbocycles. The zero-order valence-electron chi connectivity index (χ0n) is 30.8. The SMILES string of the molecule is CC[C@@]1(O)C(=O)OCc2c1cc1n(c2=O)Cc2c-1nc1cc(F)c(C)c3c1c2[C@@H](NCCNCCNC(=O)OCC1c2ccccc2-c2ccccc21)CC3. The summed E-state index contributed by atoms with van der Waals surface area (Å²) < 4.78 is 27.8. The van der Waals surface area contributed by atoms with Gasteiger partial charge in [0.25, 0.3) is 5.56 Å². The number of cyclic esters (lactones) is 1. The Morgan fingerprint density at radius 1 is 1.02 bits per heavy atom. The first-order valence-corrected chi connectivity index (χ1v) is 19.0. The molecule has 5 aromatic rings. The van der Waals surface area contributed by atoms with Crippen molar-refractivity contribution in [3.63, 3.8) is 0 Å². The van der Waals surface area contributed by atoms with Crippen LogP contribution in [0.2, 0.25) is 0 Å². The van der Waals surface area contributed by atoms with Gasteiger partial charge in [-0.3, -0.25) is 4.79 Å². The third-order valence-electron chi connectivity index (χ3n) is 12.0. The average molecular weight is 744 g/mol. The number of benzene rings is 3. The number of carbonyl (C=O) groups is 2. The molecule has 4 aliphatic rings. The van der Waals surface area contributed by atoms with Gasteiger partial charge in [-0.25, -0.2) is 19.0 Å². The minimum absolute atomic E-state index is 0.00156. The lowest BCUT2D eigenvalue weighted by molar-refractivity contribution is -0.172. The summed E-state index contributed by atoms with van der Waals surface area (Å²) in [7, 11) is 0. The highest BCUT2D eigenvalue weighted by atomic mass is 19.1. The van der Waals surface area contributed by atoms with Crippen LogP contribution in [0.1, 0.15) is 76.2 Å². The van der Waals surface area contributed by atoms with Gasteiger partial charge in [0.15, 0.2) is 5.60 Å². The monoisotopic (exact) mass is 743 g/mol. The van der Waals surface area contributed by atoms with Crippen molar-refractivity contribution in [3.8, 4) is 22.5 Å². The minimum Gasteiger partial charge on any atom is -0.458 e. The predicted octanol–water partition coefficient (Wildman–Crippen LogP) is 5.23. The number of hydrogen-bond donors (Lipinski definition) is 4. The van der Waals surface area contributed by atoms with Gasteiger partial charge < -0.3 is 35.1 Å². The fourth-order valence-corrected chi connectivity index (χ4v) is 9.12. The maximum absolute atomic E-state index is 15.3. The smallest absolute Gasteiger partial charge is 0.407 e. The largest absolute Gasteiger partial charge is 0.458 e. The highest BCUT2D eigenvalue weighted by molar-refractivity contribution is 5.93. The van der Waals surface area contributed by atoms with E-state index in [4.69, 9.17) is 14.5 Å². The topological polar surface area (TPSA) is 144 Å². The second kappa shape index (κ2) is 13.7. The number of amides is 1. The Labute approximate surface area is 316 Å². The number of carbonyl (C=O) groups excluding carboxylic acids is 2. The zero-order valence-corrected chi connectivity index (χ0v) is 30.8. The van der Waals surface area contributed by atoms with E-state index in [9.17, 15) is 19.5 Å². The Bertz CT molecular complexity index is 2440. The summed E-state index contributed by atoms with van der Waals surface area (Å²) in [5, 5.41) is 22.2. The summed E-state index contributed by atoms with van der Waals surface area (Å²) in [4.78, 5) is 44.1. The first-order chi connectivity index (χ1) is 26.7. The van der Waals surface area contributed by atoms with Crippen molar-refractivity contribution in [1.29, 1.82) is 0 Å². The fraction of sp³-hybridized carbons (Fsp3) is 0.349. The number of nitrogens with one attached hydrogen (secondary N) is 3. The summed E-state index contributed by atoms with van der Waals surface area (Å²) in [6.07, 6.45) is 0.993. The van der Waals surface area contributed by atoms with E-state index in [1.165, 1.54) is 28.3 Å². The molecule has 2 aliphatic carbocycles. The van der Waals surface area contributed by atoms with E-state index in [0.29, 0.717) is 55.1 Å². The van der Waals surface area contributed by atoms with Crippen molar-refractivity contribution >= 4 is 23.0 Å². The Kier molecular flexibility index (Phi) is 8.79. The first kappa shape index (κ1) is 35.3. The van der Waals surface area contributed by atoms with E-state index >= 15 is 4.39 Å². The van der Waals surface area contributed by atoms with Gasteiger partial charge in [-0.05, 0) is 71.2 Å². The van der Waals surface area contributed by atoms with E-state index in [0.717, 1.165) is 28.5 Å². The van der Waals surface area contributed by atoms with Gasteiger partial charge in [0.1, 0.15) is 19.0 Å². The normalized spacial score (nSPS) is 19.0. The van der Waals surface area contributed by atoms with Gasteiger partial charge in [-0.2, -0.15) is 0 Å². The number of rotatable bonds is 10. The van der Waals surface area contributed by atoms with Gasteiger partial charge in [0, 0.05) is 60.7 Å². The van der Waals surface area contributed by atoms with Gasteiger partial charge in [-0.1, -0.05) is 55.5 Å². The van der Waals surface area contributed by atoms with Gasteiger partial charge in [0.05, 0.1) is 29.0 Å². The molecule has 0 spiro atoms. The third-order valence-corrected chi connectivity index (χ3v) is 12.0. The number of esters is 1. The molecule has 4 N–H and O–H groups in total. The molecule has 55 heavy (non-hydrogen) atoms. The van der Waals surface area contributed by atoms with Gasteiger partial charge in [0.2, 0.25) is 0 Å². The molecule has 1 amide bonds. The molecule has 282 valence electrons. The lowest BCUT2D eigenvalue weighted by Gasteiger charge is -2.31. The van der Waals surface area contributed by atoms with Gasteiger partial charge >= 0.3 is 12.1 Å². The van der Waals surface area contributed by atoms with E-state index < -0.39 is 17.7 Å². The summed E-state index contributed by atoms with van der Waals surface area (Å²) in [5.74, 6) is -1.10. The van der Waals surface area contributed by atoms with Crippen LogP contribution in [-0.4, -0.2) is 59.5 Å². The number of fused-ring (bicyclic) bond motifs is 8. The van der Waals surface area contributed by atoms with Crippen molar-refractivity contribution in [2.75, 3.05) is 32.8 Å². The Balaban J connectivity index is 0.865. The second-order valence-corrected chi connectivity index (χ2v) is 14.9. The molecule has 12 heteroatoms. The Morgan fingerprint density at radius 3 is 2.49 bits per heavy atom. The number of ether oxygens (including phenoxy) is 2. The van der Waals surface area contributed by atoms with Crippen LogP contribution in [-0.2, 0) is 39.4 Å². The molecule has 4 heterocycles. The molecule has 0 bridgehead atoms. The summed E-state index contributed by atoms with van der Waals surface area (Å²) in [6, 6.07) is 19.5. The van der Waals surface area contributed by atoms with Crippen molar-refractivity contribution in [2.45, 2.75) is 63.8 Å². The maximum atomic E-state index is 15.3. The lowest BCUT2D eigenvalue weighted by Crippen LogP contribution is -2.44. The van der Waals surface area contributed by atoms with Crippen LogP contribution in [0.15, 0.2) is 65.5 Å². The van der Waals surface area contributed by atoms with Crippen LogP contribution in [0, 0.1) is 12.7 Å². The van der Waals surface area contributed by atoms with Crippen LogP contribution in [0.4, 0.5) is 9.18 Å². The first-order valence-electron chi connectivity index (χ1n) is 19.0. The van der Waals surface area contributed by atoms with Crippen molar-refractivity contribution < 1.29 is 28.6 Å². The summed E-state index contributed by atoms with van der Waals surface area (Å²) >= 11 is 0. The third kappa shape index (κ3) is 5.65. The standard InChI is InChI=1S/C43H42FN5O6/c1-3-43(53)32-18-36-39-29(20-49(36)40(50)31(32)22-54-41(43)51)38-34(13-12-24-23(2)33(44)19-35(48-39)37(24)38)46-16-14-45-15-17-47-42(52)55-21-30-27-10-6-4-8-25(27)26-9-5-7-11-28(26)30/h4-11,18-19,30,34,45-46,53H,3,12-17,20-22H2,1-2H3,(H,47,52)/t34-,43-/m0/s1. The van der Waals surface area contributed by atoms with Crippen LogP contribution in [0.5, 0.6) is 0 Å². The number of aromatic nitrogens is 2. The Morgan fingerprint density at radius 2 is 1.75 bits per heavy atom. The number of pyridine rings is 2. The molecule has 0 unspecified atom stereocenters. The molecule has 0 saturated carbocycles. The van der Waals surface area contributed by atoms with Gasteiger partial charge in [-0.15, -0.1) is 0 Å². The molecule has 0 saturated heterocycles. The molecule has 11 nitrogen and oxygen atoms in total. The summed E-state index contributed by atoms with van der Waals surface area (Å²) in [5.41, 5.74) is 7.91. The van der Waals surface area contributed by atoms with Crippen LogP contribution in [0.3, 0.4) is 0 Å². The quantitative estimate of drug-likeness (QED) is 0.110. The van der Waals surface area contributed by atoms with Crippen LogP contribution < -0.4 is 21.5 Å². The summed E-state index contributed by atoms with van der Waals surface area (Å²) in [6.45, 7) is 5.98. The van der Waals surface area contributed by atoms with E-state index in [1.807, 2.05) is 24.3 Å². The molecule has 0 radical (unpaired) electrons. The molecule has 0 fully saturated rings. The van der Waals surface area contributed by atoms with Crippen LogP contribution in [0.25, 0.3) is 33.4 Å². The van der Waals surface area contributed by atoms with Crippen molar-refractivity contribution in [2.24, 2.45) is 0 Å². The van der Waals surface area contributed by atoms with E-state index in [2.05, 4.69) is 40.2 Å². The van der Waals surface area contributed by atoms with E-state index in [-0.39, 0.29) is 60.6 Å². The van der Waals surface area contributed by atoms with Crippen molar-refractivity contribution in [3.05, 3.63) is 121 Å². The predicted molar refractivity (Wildman–Crippen MR) is 204 cm³/mol. The lowest BCUT2D eigenvalue weighted by atomic mass is 9.81. The molecular formula is C43H42FN5O6. The molecule has 2 atom stereocenters. The number of aliphatic hydroxyl groups is 1. The number of halogens is 1.